The Bertz CT molecular complexity index is 1090. The maximum absolute atomic E-state index is 12.9. The van der Waals surface area contributed by atoms with Crippen molar-refractivity contribution in [2.75, 3.05) is 5.32 Å². The molecule has 2 aromatic carbocycles. The second-order valence-electron chi connectivity index (χ2n) is 6.30. The highest BCUT2D eigenvalue weighted by Crippen LogP contribution is 2.28. The molecule has 1 N–H and O–H groups in total. The summed E-state index contributed by atoms with van der Waals surface area (Å²) in [4.78, 5) is 24.9. The lowest BCUT2D eigenvalue weighted by molar-refractivity contribution is 0.102. The molecule has 142 valence electrons. The maximum atomic E-state index is 12.9. The van der Waals surface area contributed by atoms with E-state index in [9.17, 15) is 4.79 Å². The van der Waals surface area contributed by atoms with Crippen LogP contribution in [0.15, 0.2) is 91.8 Å². The lowest BCUT2D eigenvalue weighted by Crippen LogP contribution is -2.14. The molecule has 29 heavy (non-hydrogen) atoms. The number of hydrogen-bond donors (Lipinski definition) is 1. The molecule has 0 fully saturated rings. The van der Waals surface area contributed by atoms with Gasteiger partial charge in [-0.15, -0.1) is 0 Å². The van der Waals surface area contributed by atoms with E-state index in [2.05, 4.69) is 20.3 Å². The Morgan fingerprint density at radius 1 is 0.862 bits per heavy atom. The van der Waals surface area contributed by atoms with Crippen LogP contribution in [-0.2, 0) is 6.61 Å². The molecule has 0 unspecified atom stereocenters. The summed E-state index contributed by atoms with van der Waals surface area (Å²) in [6, 6.07) is 18.7. The number of anilines is 1. The third kappa shape index (κ3) is 4.62. The number of ether oxygens (including phenoxy) is 1. The summed E-state index contributed by atoms with van der Waals surface area (Å²) in [5.41, 5.74) is 3.84. The molecular weight excluding hydrogens is 364 g/mol. The molecule has 0 aliphatic heterocycles. The molecule has 4 aromatic rings. The molecule has 0 radical (unpaired) electrons. The normalized spacial score (nSPS) is 10.3. The monoisotopic (exact) mass is 382 g/mol. The zero-order chi connectivity index (χ0) is 19.9. The molecule has 0 spiro atoms. The van der Waals surface area contributed by atoms with Crippen LogP contribution >= 0.6 is 0 Å². The Balaban J connectivity index is 1.64. The Morgan fingerprint density at radius 3 is 2.38 bits per heavy atom. The lowest BCUT2D eigenvalue weighted by atomic mass is 10.0. The Labute approximate surface area is 168 Å². The average Bonchev–Trinajstić information content (AvgIpc) is 2.79. The average molecular weight is 382 g/mol. The van der Waals surface area contributed by atoms with E-state index >= 15 is 0 Å². The molecule has 0 aliphatic rings. The van der Waals surface area contributed by atoms with Crippen LogP contribution in [0.4, 0.5) is 5.69 Å². The van der Waals surface area contributed by atoms with E-state index < -0.39 is 0 Å². The van der Waals surface area contributed by atoms with Gasteiger partial charge in [0.05, 0.1) is 5.56 Å². The predicted octanol–water partition coefficient (Wildman–Crippen LogP) is 4.37. The Hall–Kier alpha value is -4.06. The SMILES string of the molecule is O=C(Nc1ccncc1)c1ccc(-c2cncnc2)cc1OCc1ccccc1. The van der Waals surface area contributed by atoms with Crippen LogP contribution < -0.4 is 10.1 Å². The number of hydrogen-bond acceptors (Lipinski definition) is 5. The molecule has 6 nitrogen and oxygen atoms in total. The number of rotatable bonds is 6. The number of amides is 1. The smallest absolute Gasteiger partial charge is 0.259 e. The molecule has 1 amide bonds. The van der Waals surface area contributed by atoms with Gasteiger partial charge >= 0.3 is 0 Å². The van der Waals surface area contributed by atoms with Gasteiger partial charge in [0.1, 0.15) is 18.7 Å². The number of carbonyl (C=O) groups excluding carboxylic acids is 1. The zero-order valence-corrected chi connectivity index (χ0v) is 15.5. The summed E-state index contributed by atoms with van der Waals surface area (Å²) < 4.78 is 6.03. The van der Waals surface area contributed by atoms with Gasteiger partial charge in [-0.3, -0.25) is 9.78 Å². The second-order valence-corrected chi connectivity index (χ2v) is 6.30. The van der Waals surface area contributed by atoms with E-state index in [1.807, 2.05) is 42.5 Å². The van der Waals surface area contributed by atoms with E-state index in [0.717, 1.165) is 16.7 Å². The fourth-order valence-corrected chi connectivity index (χ4v) is 2.83. The maximum Gasteiger partial charge on any atom is 0.259 e. The highest BCUT2D eigenvalue weighted by atomic mass is 16.5. The molecule has 4 rings (SSSR count). The standard InChI is InChI=1S/C23H18N4O2/c28-23(27-20-8-10-24-11-9-20)21-7-6-18(19-13-25-16-26-14-19)12-22(21)29-15-17-4-2-1-3-5-17/h1-14,16H,15H2,(H,24,27,28). The number of nitrogens with one attached hydrogen (secondary N) is 1. The van der Waals surface area contributed by atoms with Crippen molar-refractivity contribution in [3.63, 3.8) is 0 Å². The van der Waals surface area contributed by atoms with E-state index in [4.69, 9.17) is 4.74 Å². The molecule has 0 bridgehead atoms. The lowest BCUT2D eigenvalue weighted by Gasteiger charge is -2.14. The predicted molar refractivity (Wildman–Crippen MR) is 110 cm³/mol. The van der Waals surface area contributed by atoms with Crippen LogP contribution in [0, 0.1) is 0 Å². The van der Waals surface area contributed by atoms with Crippen molar-refractivity contribution in [2.24, 2.45) is 0 Å². The molecule has 6 heteroatoms. The number of benzene rings is 2. The molecular formula is C23H18N4O2. The zero-order valence-electron chi connectivity index (χ0n) is 15.5. The van der Waals surface area contributed by atoms with Gasteiger partial charge in [0.25, 0.3) is 5.91 Å². The van der Waals surface area contributed by atoms with Crippen molar-refractivity contribution in [2.45, 2.75) is 6.61 Å². The van der Waals surface area contributed by atoms with E-state index in [-0.39, 0.29) is 5.91 Å². The number of pyridine rings is 1. The van der Waals surface area contributed by atoms with Crippen LogP contribution in [0.1, 0.15) is 15.9 Å². The number of aromatic nitrogens is 3. The van der Waals surface area contributed by atoms with Gasteiger partial charge in [0.15, 0.2) is 0 Å². The minimum atomic E-state index is -0.255. The summed E-state index contributed by atoms with van der Waals surface area (Å²) in [5.74, 6) is 0.233. The van der Waals surface area contributed by atoms with E-state index in [0.29, 0.717) is 23.6 Å². The van der Waals surface area contributed by atoms with Gasteiger partial charge in [-0.25, -0.2) is 9.97 Å². The highest BCUT2D eigenvalue weighted by molar-refractivity contribution is 6.06. The number of carbonyl (C=O) groups is 1. The minimum Gasteiger partial charge on any atom is -0.488 e. The molecule has 0 atom stereocenters. The highest BCUT2D eigenvalue weighted by Gasteiger charge is 2.15. The first-order valence-electron chi connectivity index (χ1n) is 9.07. The summed E-state index contributed by atoms with van der Waals surface area (Å²) in [6.07, 6.45) is 8.18. The van der Waals surface area contributed by atoms with Crippen molar-refractivity contribution >= 4 is 11.6 Å². The van der Waals surface area contributed by atoms with Crippen LogP contribution in [0.3, 0.4) is 0 Å². The summed E-state index contributed by atoms with van der Waals surface area (Å²) in [7, 11) is 0. The summed E-state index contributed by atoms with van der Waals surface area (Å²) >= 11 is 0. The molecule has 2 heterocycles. The van der Waals surface area contributed by atoms with Crippen molar-refractivity contribution in [3.8, 4) is 16.9 Å². The van der Waals surface area contributed by atoms with Gasteiger partial charge in [0, 0.05) is 36.0 Å². The Morgan fingerprint density at radius 2 is 1.62 bits per heavy atom. The molecule has 0 aliphatic carbocycles. The largest absolute Gasteiger partial charge is 0.488 e. The molecule has 0 saturated heterocycles. The van der Waals surface area contributed by atoms with Gasteiger partial charge in [-0.1, -0.05) is 36.4 Å². The summed E-state index contributed by atoms with van der Waals surface area (Å²) in [5, 5.41) is 2.87. The van der Waals surface area contributed by atoms with Crippen molar-refractivity contribution < 1.29 is 9.53 Å². The van der Waals surface area contributed by atoms with E-state index in [1.165, 1.54) is 6.33 Å². The first-order chi connectivity index (χ1) is 14.3. The fourth-order valence-electron chi connectivity index (χ4n) is 2.83. The fraction of sp³-hybridized carbons (Fsp3) is 0.0435. The third-order valence-electron chi connectivity index (χ3n) is 4.30. The topological polar surface area (TPSA) is 77.0 Å². The second kappa shape index (κ2) is 8.75. The quantitative estimate of drug-likeness (QED) is 0.536. The van der Waals surface area contributed by atoms with Crippen molar-refractivity contribution in [1.82, 2.24) is 15.0 Å². The summed E-state index contributed by atoms with van der Waals surface area (Å²) in [6.45, 7) is 0.352. The number of nitrogens with zero attached hydrogens (tertiary/aromatic N) is 3. The van der Waals surface area contributed by atoms with Crippen LogP contribution in [0.5, 0.6) is 5.75 Å². The van der Waals surface area contributed by atoms with Gasteiger partial charge in [-0.05, 0) is 35.4 Å². The minimum absolute atomic E-state index is 0.255. The first kappa shape index (κ1) is 18.3. The van der Waals surface area contributed by atoms with Crippen LogP contribution in [-0.4, -0.2) is 20.9 Å². The van der Waals surface area contributed by atoms with Crippen molar-refractivity contribution in [1.29, 1.82) is 0 Å². The van der Waals surface area contributed by atoms with Crippen LogP contribution in [0.25, 0.3) is 11.1 Å². The Kier molecular flexibility index (Phi) is 5.53. The molecule has 0 saturated carbocycles. The van der Waals surface area contributed by atoms with Gasteiger partial charge in [0.2, 0.25) is 0 Å². The van der Waals surface area contributed by atoms with E-state index in [1.54, 1.807) is 43.0 Å². The van der Waals surface area contributed by atoms with Crippen LogP contribution in [0.2, 0.25) is 0 Å². The van der Waals surface area contributed by atoms with Gasteiger partial charge < -0.3 is 10.1 Å². The van der Waals surface area contributed by atoms with Crippen molar-refractivity contribution in [3.05, 3.63) is 103 Å². The first-order valence-corrected chi connectivity index (χ1v) is 9.07. The van der Waals surface area contributed by atoms with Gasteiger partial charge in [-0.2, -0.15) is 0 Å². The third-order valence-corrected chi connectivity index (χ3v) is 4.30. The molecule has 2 aromatic heterocycles.